The maximum absolute atomic E-state index is 12.4. The summed E-state index contributed by atoms with van der Waals surface area (Å²) >= 11 is 0. The van der Waals surface area contributed by atoms with E-state index in [1.54, 1.807) is 12.1 Å². The smallest absolute Gasteiger partial charge is 0.349 e. The number of benzene rings is 1. The summed E-state index contributed by atoms with van der Waals surface area (Å²) in [4.78, 5) is 24.5. The third-order valence-electron chi connectivity index (χ3n) is 4.83. The summed E-state index contributed by atoms with van der Waals surface area (Å²) in [6.07, 6.45) is 1.48. The van der Waals surface area contributed by atoms with Crippen LogP contribution in [0.3, 0.4) is 0 Å². The molecule has 1 aromatic carbocycles. The molecule has 9 nitrogen and oxygen atoms in total. The Morgan fingerprint density at radius 3 is 2.64 bits per heavy atom. The number of hydrogen-bond acceptors (Lipinski definition) is 7. The number of esters is 1. The van der Waals surface area contributed by atoms with E-state index in [9.17, 15) is 14.9 Å². The molecular weight excluding hydrogens is 422 g/mol. The molecule has 0 atom stereocenters. The number of nitrogens with zero attached hydrogens (tertiary/aromatic N) is 4. The normalized spacial score (nSPS) is 11.3. The number of carbonyl (C=O) groups excluding carboxylic acids is 2. The lowest BCUT2D eigenvalue weighted by Gasteiger charge is -2.12. The zero-order valence-electron chi connectivity index (χ0n) is 19.0. The molecule has 0 fully saturated rings. The van der Waals surface area contributed by atoms with Gasteiger partial charge in [-0.05, 0) is 49.6 Å². The van der Waals surface area contributed by atoms with Crippen LogP contribution in [0.1, 0.15) is 30.8 Å². The lowest BCUT2D eigenvalue weighted by molar-refractivity contribution is -0.142. The molecule has 3 aromatic rings. The van der Waals surface area contributed by atoms with Crippen LogP contribution in [-0.2, 0) is 20.9 Å². The minimum Gasteiger partial charge on any atom is -0.451 e. The first-order chi connectivity index (χ1) is 15.8. The van der Waals surface area contributed by atoms with Crippen LogP contribution in [0.4, 0.5) is 6.01 Å². The van der Waals surface area contributed by atoms with Crippen molar-refractivity contribution in [2.24, 2.45) is 5.92 Å². The van der Waals surface area contributed by atoms with Crippen LogP contribution in [0.2, 0.25) is 0 Å². The van der Waals surface area contributed by atoms with E-state index < -0.39 is 18.5 Å². The molecule has 0 aliphatic carbocycles. The van der Waals surface area contributed by atoms with Gasteiger partial charge in [-0.15, -0.1) is 5.10 Å². The Bertz CT molecular complexity index is 1220. The van der Waals surface area contributed by atoms with Gasteiger partial charge < -0.3 is 13.7 Å². The van der Waals surface area contributed by atoms with Gasteiger partial charge in [-0.1, -0.05) is 37.1 Å². The number of carbonyl (C=O) groups is 2. The average Bonchev–Trinajstić information content (AvgIpc) is 3.36. The number of nitrogens with one attached hydrogen (secondary N) is 1. The van der Waals surface area contributed by atoms with E-state index in [1.807, 2.05) is 44.2 Å². The van der Waals surface area contributed by atoms with Crippen LogP contribution in [0.5, 0.6) is 0 Å². The fourth-order valence-corrected chi connectivity index (χ4v) is 3.25. The van der Waals surface area contributed by atoms with Crippen molar-refractivity contribution in [2.75, 3.05) is 11.9 Å². The van der Waals surface area contributed by atoms with E-state index in [0.717, 1.165) is 23.5 Å². The highest BCUT2D eigenvalue weighted by Gasteiger charge is 2.17. The van der Waals surface area contributed by atoms with Gasteiger partial charge in [-0.3, -0.25) is 10.1 Å². The van der Waals surface area contributed by atoms with Crippen molar-refractivity contribution in [1.29, 1.82) is 5.26 Å². The number of amides is 1. The van der Waals surface area contributed by atoms with Crippen molar-refractivity contribution >= 4 is 24.0 Å². The third-order valence-corrected chi connectivity index (χ3v) is 4.83. The van der Waals surface area contributed by atoms with Gasteiger partial charge in [0.05, 0.1) is 0 Å². The van der Waals surface area contributed by atoms with Crippen LogP contribution in [0.15, 0.2) is 46.4 Å². The molecule has 33 heavy (non-hydrogen) atoms. The summed E-state index contributed by atoms with van der Waals surface area (Å²) in [5, 5.41) is 19.4. The quantitative estimate of drug-likeness (QED) is 0.315. The van der Waals surface area contributed by atoms with E-state index in [4.69, 9.17) is 9.15 Å². The Morgan fingerprint density at radius 1 is 1.24 bits per heavy atom. The van der Waals surface area contributed by atoms with E-state index in [2.05, 4.69) is 33.9 Å². The third kappa shape index (κ3) is 5.95. The lowest BCUT2D eigenvalue weighted by atomic mass is 10.1. The van der Waals surface area contributed by atoms with Gasteiger partial charge in [0.15, 0.2) is 6.61 Å². The molecule has 0 unspecified atom stereocenters. The lowest BCUT2D eigenvalue weighted by Crippen LogP contribution is -2.21. The average molecular weight is 447 g/mol. The number of anilines is 1. The topological polar surface area (TPSA) is 123 Å². The molecule has 0 aliphatic rings. The molecule has 2 heterocycles. The Morgan fingerprint density at radius 2 is 1.97 bits per heavy atom. The monoisotopic (exact) mass is 447 g/mol. The largest absolute Gasteiger partial charge is 0.451 e. The molecule has 0 saturated heterocycles. The molecule has 0 bridgehead atoms. The van der Waals surface area contributed by atoms with Gasteiger partial charge in [0.1, 0.15) is 11.6 Å². The SMILES string of the molecule is Cc1cc(C=C(C#N)C(=O)OCC(=O)Nc2nnc(-c3ccccc3)o2)c(C)n1CC(C)C. The van der Waals surface area contributed by atoms with Crippen molar-refractivity contribution < 1.29 is 18.7 Å². The second kappa shape index (κ2) is 10.4. The number of nitriles is 1. The molecule has 0 saturated carbocycles. The molecular formula is C24H25N5O4. The molecule has 9 heteroatoms. The number of aromatic nitrogens is 3. The summed E-state index contributed by atoms with van der Waals surface area (Å²) in [5.41, 5.74) is 3.24. The summed E-state index contributed by atoms with van der Waals surface area (Å²) in [6, 6.07) is 12.7. The van der Waals surface area contributed by atoms with Gasteiger partial charge in [0, 0.05) is 23.5 Å². The van der Waals surface area contributed by atoms with Crippen molar-refractivity contribution in [3.05, 3.63) is 58.9 Å². The second-order valence-electron chi connectivity index (χ2n) is 7.90. The summed E-state index contributed by atoms with van der Waals surface area (Å²) < 4.78 is 12.5. The van der Waals surface area contributed by atoms with Gasteiger partial charge in [0.25, 0.3) is 5.91 Å². The number of ether oxygens (including phenoxy) is 1. The maximum Gasteiger partial charge on any atom is 0.349 e. The Hall–Kier alpha value is -4.19. The van der Waals surface area contributed by atoms with Crippen LogP contribution >= 0.6 is 0 Å². The van der Waals surface area contributed by atoms with Crippen molar-refractivity contribution in [1.82, 2.24) is 14.8 Å². The van der Waals surface area contributed by atoms with Gasteiger partial charge in [0.2, 0.25) is 5.89 Å². The van der Waals surface area contributed by atoms with E-state index in [0.29, 0.717) is 11.5 Å². The highest BCUT2D eigenvalue weighted by atomic mass is 16.5. The molecule has 1 N–H and O–H groups in total. The highest BCUT2D eigenvalue weighted by molar-refractivity contribution is 6.00. The van der Waals surface area contributed by atoms with Gasteiger partial charge >= 0.3 is 12.0 Å². The number of rotatable bonds is 8. The molecule has 170 valence electrons. The van der Waals surface area contributed by atoms with Crippen LogP contribution in [0, 0.1) is 31.1 Å². The summed E-state index contributed by atoms with van der Waals surface area (Å²) in [5.74, 6) is -0.864. The molecule has 3 rings (SSSR count). The first-order valence-corrected chi connectivity index (χ1v) is 10.4. The van der Waals surface area contributed by atoms with E-state index in [-0.39, 0.29) is 17.5 Å². The predicted octanol–water partition coefficient (Wildman–Crippen LogP) is 3.90. The van der Waals surface area contributed by atoms with Crippen molar-refractivity contribution in [2.45, 2.75) is 34.2 Å². The standard InChI is InChI=1S/C24H25N5O4/c1-15(2)13-29-16(3)10-19(17(29)4)11-20(12-25)23(31)32-14-21(30)26-24-28-27-22(33-24)18-8-6-5-7-9-18/h5-11,15H,13-14H2,1-4H3,(H,26,28,30). The fourth-order valence-electron chi connectivity index (χ4n) is 3.25. The number of aryl methyl sites for hydroxylation is 1. The van der Waals surface area contributed by atoms with Gasteiger partial charge in [-0.25, -0.2) is 4.79 Å². The molecule has 0 aliphatic heterocycles. The molecule has 0 spiro atoms. The highest BCUT2D eigenvalue weighted by Crippen LogP contribution is 2.21. The van der Waals surface area contributed by atoms with Crippen LogP contribution in [0.25, 0.3) is 17.5 Å². The van der Waals surface area contributed by atoms with Crippen LogP contribution in [-0.4, -0.2) is 33.2 Å². The fraction of sp³-hybridized carbons (Fsp3) is 0.292. The Labute approximate surface area is 191 Å². The molecule has 0 radical (unpaired) electrons. The minimum atomic E-state index is -0.892. The molecule has 1 amide bonds. The predicted molar refractivity (Wildman–Crippen MR) is 122 cm³/mol. The van der Waals surface area contributed by atoms with E-state index >= 15 is 0 Å². The molecule has 2 aromatic heterocycles. The van der Waals surface area contributed by atoms with E-state index in [1.165, 1.54) is 6.08 Å². The first-order valence-electron chi connectivity index (χ1n) is 10.4. The Kier molecular flexibility index (Phi) is 7.41. The minimum absolute atomic E-state index is 0.122. The summed E-state index contributed by atoms with van der Waals surface area (Å²) in [7, 11) is 0. The maximum atomic E-state index is 12.4. The first kappa shape index (κ1) is 23.5. The van der Waals surface area contributed by atoms with Crippen molar-refractivity contribution in [3.8, 4) is 17.5 Å². The van der Waals surface area contributed by atoms with Crippen molar-refractivity contribution in [3.63, 3.8) is 0 Å². The van der Waals surface area contributed by atoms with Gasteiger partial charge in [-0.2, -0.15) is 5.26 Å². The summed E-state index contributed by atoms with van der Waals surface area (Å²) in [6.45, 7) is 8.38. The zero-order chi connectivity index (χ0) is 24.0. The zero-order valence-corrected chi connectivity index (χ0v) is 19.0. The number of hydrogen-bond donors (Lipinski definition) is 1. The second-order valence-corrected chi connectivity index (χ2v) is 7.90. The van der Waals surface area contributed by atoms with Crippen LogP contribution < -0.4 is 5.32 Å². The Balaban J connectivity index is 1.61.